The average Bonchev–Trinajstić information content (AvgIpc) is 2.24. The van der Waals surface area contributed by atoms with Crippen LogP contribution in [0.15, 0.2) is 41.0 Å². The molecule has 0 aliphatic carbocycles. The first-order valence-electron chi connectivity index (χ1n) is 4.49. The molecule has 1 aromatic heterocycles. The van der Waals surface area contributed by atoms with Crippen molar-refractivity contribution in [3.8, 4) is 0 Å². The van der Waals surface area contributed by atoms with Gasteiger partial charge in [-0.15, -0.1) is 0 Å². The van der Waals surface area contributed by atoms with E-state index in [-0.39, 0.29) is 5.82 Å². The Bertz CT molecular complexity index is 519. The normalized spacial score (nSPS) is 10.2. The van der Waals surface area contributed by atoms with E-state index in [1.54, 1.807) is 30.5 Å². The highest BCUT2D eigenvalue weighted by Crippen LogP contribution is 2.23. The molecule has 0 fully saturated rings. The molecule has 0 bridgehead atoms. The van der Waals surface area contributed by atoms with Crippen molar-refractivity contribution >= 4 is 38.9 Å². The zero-order valence-electron chi connectivity index (χ0n) is 8.05. The van der Waals surface area contributed by atoms with Crippen LogP contribution in [0, 0.1) is 5.82 Å². The molecule has 0 amide bonds. The van der Waals surface area contributed by atoms with Gasteiger partial charge < -0.3 is 5.32 Å². The summed E-state index contributed by atoms with van der Waals surface area (Å²) in [6, 6.07) is 8.23. The maximum atomic E-state index is 13.2. The number of hydrogen-bond acceptors (Lipinski definition) is 2. The second-order valence-corrected chi connectivity index (χ2v) is 4.36. The third kappa shape index (κ3) is 2.71. The van der Waals surface area contributed by atoms with E-state index in [0.29, 0.717) is 15.3 Å². The molecular weight excluding hydrogens is 294 g/mol. The second kappa shape index (κ2) is 4.80. The molecule has 0 aliphatic heterocycles. The quantitative estimate of drug-likeness (QED) is 0.833. The van der Waals surface area contributed by atoms with E-state index in [2.05, 4.69) is 26.2 Å². The molecule has 1 aromatic carbocycles. The SMILES string of the molecule is Fc1cc(Nc2ccnc(Cl)c2)ccc1Br. The summed E-state index contributed by atoms with van der Waals surface area (Å²) in [5, 5.41) is 3.42. The minimum atomic E-state index is -0.315. The number of hydrogen-bond donors (Lipinski definition) is 1. The summed E-state index contributed by atoms with van der Waals surface area (Å²) in [6.45, 7) is 0. The summed E-state index contributed by atoms with van der Waals surface area (Å²) in [6.07, 6.45) is 1.58. The van der Waals surface area contributed by atoms with Crippen molar-refractivity contribution in [1.29, 1.82) is 0 Å². The minimum absolute atomic E-state index is 0.315. The predicted octanol–water partition coefficient (Wildman–Crippen LogP) is 4.38. The Morgan fingerprint density at radius 1 is 1.19 bits per heavy atom. The van der Waals surface area contributed by atoms with E-state index in [1.165, 1.54) is 6.07 Å². The van der Waals surface area contributed by atoms with Crippen LogP contribution in [0.2, 0.25) is 5.15 Å². The van der Waals surface area contributed by atoms with E-state index < -0.39 is 0 Å². The summed E-state index contributed by atoms with van der Waals surface area (Å²) in [5.41, 5.74) is 1.42. The first-order chi connectivity index (χ1) is 7.65. The van der Waals surface area contributed by atoms with E-state index in [0.717, 1.165) is 5.69 Å². The number of pyridine rings is 1. The van der Waals surface area contributed by atoms with Gasteiger partial charge in [0.25, 0.3) is 0 Å². The summed E-state index contributed by atoms with van der Waals surface area (Å²) in [5.74, 6) is -0.315. The van der Waals surface area contributed by atoms with Crippen molar-refractivity contribution in [2.24, 2.45) is 0 Å². The lowest BCUT2D eigenvalue weighted by atomic mass is 10.3. The molecule has 0 radical (unpaired) electrons. The second-order valence-electron chi connectivity index (χ2n) is 3.12. The highest BCUT2D eigenvalue weighted by atomic mass is 79.9. The van der Waals surface area contributed by atoms with Gasteiger partial charge in [0.1, 0.15) is 11.0 Å². The first-order valence-corrected chi connectivity index (χ1v) is 5.66. The number of nitrogens with zero attached hydrogens (tertiary/aromatic N) is 1. The molecule has 0 saturated heterocycles. The number of anilines is 2. The lowest BCUT2D eigenvalue weighted by Gasteiger charge is -2.06. The number of rotatable bonds is 2. The van der Waals surface area contributed by atoms with Gasteiger partial charge in [-0.05, 0) is 46.3 Å². The fraction of sp³-hybridized carbons (Fsp3) is 0. The van der Waals surface area contributed by atoms with Crippen LogP contribution in [0.4, 0.5) is 15.8 Å². The Morgan fingerprint density at radius 3 is 2.62 bits per heavy atom. The maximum absolute atomic E-state index is 13.2. The van der Waals surface area contributed by atoms with Gasteiger partial charge in [-0.3, -0.25) is 0 Å². The van der Waals surface area contributed by atoms with Crippen LogP contribution in [0.1, 0.15) is 0 Å². The highest BCUT2D eigenvalue weighted by molar-refractivity contribution is 9.10. The lowest BCUT2D eigenvalue weighted by molar-refractivity contribution is 0.622. The molecule has 0 unspecified atom stereocenters. The Labute approximate surface area is 106 Å². The standard InChI is InChI=1S/C11H7BrClFN2/c12-9-2-1-7(5-10(9)14)16-8-3-4-15-11(13)6-8/h1-6H,(H,15,16). The van der Waals surface area contributed by atoms with Crippen LogP contribution < -0.4 is 5.32 Å². The highest BCUT2D eigenvalue weighted by Gasteiger charge is 2.01. The van der Waals surface area contributed by atoms with Crippen molar-refractivity contribution < 1.29 is 4.39 Å². The Morgan fingerprint density at radius 2 is 1.94 bits per heavy atom. The van der Waals surface area contributed by atoms with E-state index in [1.807, 2.05) is 0 Å². The fourth-order valence-corrected chi connectivity index (χ4v) is 1.64. The third-order valence-electron chi connectivity index (χ3n) is 1.93. The van der Waals surface area contributed by atoms with Crippen LogP contribution in [-0.4, -0.2) is 4.98 Å². The number of aromatic nitrogens is 1. The van der Waals surface area contributed by atoms with Gasteiger partial charge in [-0.1, -0.05) is 11.6 Å². The molecule has 2 aromatic rings. The smallest absolute Gasteiger partial charge is 0.139 e. The average molecular weight is 302 g/mol. The van der Waals surface area contributed by atoms with Crippen molar-refractivity contribution in [2.45, 2.75) is 0 Å². The largest absolute Gasteiger partial charge is 0.355 e. The maximum Gasteiger partial charge on any atom is 0.139 e. The molecule has 0 aliphatic rings. The lowest BCUT2D eigenvalue weighted by Crippen LogP contribution is -1.91. The van der Waals surface area contributed by atoms with E-state index in [4.69, 9.17) is 11.6 Å². The molecule has 0 atom stereocenters. The Kier molecular flexibility index (Phi) is 3.41. The van der Waals surface area contributed by atoms with Gasteiger partial charge in [-0.2, -0.15) is 0 Å². The molecule has 16 heavy (non-hydrogen) atoms. The molecule has 0 saturated carbocycles. The summed E-state index contributed by atoms with van der Waals surface area (Å²) < 4.78 is 13.7. The van der Waals surface area contributed by atoms with Crippen molar-refractivity contribution in [2.75, 3.05) is 5.32 Å². The predicted molar refractivity (Wildman–Crippen MR) is 66.6 cm³/mol. The van der Waals surface area contributed by atoms with E-state index in [9.17, 15) is 4.39 Å². The summed E-state index contributed by atoms with van der Waals surface area (Å²) in [7, 11) is 0. The molecule has 2 rings (SSSR count). The molecule has 5 heteroatoms. The Hall–Kier alpha value is -1.13. The van der Waals surface area contributed by atoms with Crippen molar-refractivity contribution in [3.63, 3.8) is 0 Å². The fourth-order valence-electron chi connectivity index (χ4n) is 1.22. The molecule has 82 valence electrons. The Balaban J connectivity index is 2.24. The van der Waals surface area contributed by atoms with Crippen LogP contribution >= 0.6 is 27.5 Å². The van der Waals surface area contributed by atoms with Crippen LogP contribution in [0.5, 0.6) is 0 Å². The molecule has 1 N–H and O–H groups in total. The number of benzene rings is 1. The summed E-state index contributed by atoms with van der Waals surface area (Å²) >= 11 is 8.83. The zero-order valence-corrected chi connectivity index (χ0v) is 10.4. The number of halogens is 3. The summed E-state index contributed by atoms with van der Waals surface area (Å²) in [4.78, 5) is 3.86. The van der Waals surface area contributed by atoms with Gasteiger partial charge in [-0.25, -0.2) is 9.37 Å². The first kappa shape index (κ1) is 11.4. The van der Waals surface area contributed by atoms with Crippen molar-refractivity contribution in [3.05, 3.63) is 52.0 Å². The molecular formula is C11H7BrClFN2. The topological polar surface area (TPSA) is 24.9 Å². The minimum Gasteiger partial charge on any atom is -0.355 e. The monoisotopic (exact) mass is 300 g/mol. The van der Waals surface area contributed by atoms with E-state index >= 15 is 0 Å². The van der Waals surface area contributed by atoms with Gasteiger partial charge >= 0.3 is 0 Å². The van der Waals surface area contributed by atoms with Crippen molar-refractivity contribution in [1.82, 2.24) is 4.98 Å². The van der Waals surface area contributed by atoms with Gasteiger partial charge in [0.2, 0.25) is 0 Å². The van der Waals surface area contributed by atoms with Crippen LogP contribution in [0.3, 0.4) is 0 Å². The third-order valence-corrected chi connectivity index (χ3v) is 2.78. The molecule has 1 heterocycles. The van der Waals surface area contributed by atoms with Gasteiger partial charge in [0.15, 0.2) is 0 Å². The van der Waals surface area contributed by atoms with Gasteiger partial charge in [0, 0.05) is 17.6 Å². The zero-order chi connectivity index (χ0) is 11.5. The number of nitrogens with one attached hydrogen (secondary N) is 1. The van der Waals surface area contributed by atoms with Crippen LogP contribution in [0.25, 0.3) is 0 Å². The van der Waals surface area contributed by atoms with Crippen LogP contribution in [-0.2, 0) is 0 Å². The molecule has 0 spiro atoms. The van der Waals surface area contributed by atoms with Gasteiger partial charge in [0.05, 0.1) is 4.47 Å². The molecule has 2 nitrogen and oxygen atoms in total.